The van der Waals surface area contributed by atoms with Crippen LogP contribution in [0.2, 0.25) is 0 Å². The highest BCUT2D eigenvalue weighted by atomic mass is 16.2. The zero-order chi connectivity index (χ0) is 25.9. The maximum Gasteiger partial charge on any atom is 0.274 e. The van der Waals surface area contributed by atoms with Crippen LogP contribution in [0.3, 0.4) is 0 Å². The molecule has 2 aromatic heterocycles. The summed E-state index contributed by atoms with van der Waals surface area (Å²) in [5.74, 6) is -1.13. The topological polar surface area (TPSA) is 129 Å². The second kappa shape index (κ2) is 12.4. The molecule has 4 N–H and O–H groups in total. The summed E-state index contributed by atoms with van der Waals surface area (Å²) < 4.78 is 0. The fourth-order valence-corrected chi connectivity index (χ4v) is 3.11. The second-order valence-electron chi connectivity index (χ2n) is 7.14. The van der Waals surface area contributed by atoms with Gasteiger partial charge in [-0.05, 0) is 60.7 Å². The van der Waals surface area contributed by atoms with E-state index >= 15 is 0 Å². The molecular formula is C27H26N6O3. The maximum atomic E-state index is 12.7. The van der Waals surface area contributed by atoms with Gasteiger partial charge in [-0.2, -0.15) is 5.10 Å². The molecule has 0 aliphatic carbocycles. The number of nitrogens with one attached hydrogen (secondary N) is 4. The third-order valence-corrected chi connectivity index (χ3v) is 4.71. The van der Waals surface area contributed by atoms with Crippen LogP contribution in [0.4, 0.5) is 17.1 Å². The fraction of sp³-hybridized carbons (Fsp3) is 0.0741. The Morgan fingerprint density at radius 1 is 0.806 bits per heavy atom. The quantitative estimate of drug-likeness (QED) is 0.272. The number of H-pyrrole nitrogens is 1. The highest BCUT2D eigenvalue weighted by molar-refractivity contribution is 6.07. The van der Waals surface area contributed by atoms with Crippen molar-refractivity contribution in [1.82, 2.24) is 15.2 Å². The summed E-state index contributed by atoms with van der Waals surface area (Å²) in [4.78, 5) is 41.2. The van der Waals surface area contributed by atoms with E-state index in [1.807, 2.05) is 13.8 Å². The Hall–Kier alpha value is -5.05. The first kappa shape index (κ1) is 25.6. The van der Waals surface area contributed by atoms with Gasteiger partial charge in [0.25, 0.3) is 11.8 Å². The highest BCUT2D eigenvalue weighted by Gasteiger charge is 2.12. The molecule has 2 aromatic carbocycles. The predicted octanol–water partition coefficient (Wildman–Crippen LogP) is 5.13. The minimum atomic E-state index is -0.393. The summed E-state index contributed by atoms with van der Waals surface area (Å²) in [7, 11) is 0. The summed E-state index contributed by atoms with van der Waals surface area (Å²) in [6.07, 6.45) is 2.76. The molecule has 0 saturated carbocycles. The van der Waals surface area contributed by atoms with Crippen LogP contribution in [0.15, 0.2) is 91.6 Å². The summed E-state index contributed by atoms with van der Waals surface area (Å²) in [6.45, 7) is 7.40. The van der Waals surface area contributed by atoms with E-state index in [1.54, 1.807) is 79.0 Å². The molecule has 2 heterocycles. The van der Waals surface area contributed by atoms with Crippen molar-refractivity contribution in [1.29, 1.82) is 0 Å². The van der Waals surface area contributed by atoms with Gasteiger partial charge in [-0.15, -0.1) is 0 Å². The molecule has 4 rings (SSSR count). The number of hydrogen-bond acceptors (Lipinski definition) is 5. The number of aromatic nitrogens is 3. The molecule has 182 valence electrons. The summed E-state index contributed by atoms with van der Waals surface area (Å²) in [5.41, 5.74) is 3.34. The van der Waals surface area contributed by atoms with Crippen LogP contribution in [0.25, 0.3) is 11.4 Å². The Morgan fingerprint density at radius 3 is 2.11 bits per heavy atom. The van der Waals surface area contributed by atoms with Gasteiger partial charge in [-0.3, -0.25) is 19.5 Å². The van der Waals surface area contributed by atoms with Crippen molar-refractivity contribution in [3.05, 3.63) is 103 Å². The van der Waals surface area contributed by atoms with E-state index in [2.05, 4.69) is 37.7 Å². The van der Waals surface area contributed by atoms with E-state index in [9.17, 15) is 14.4 Å². The normalized spacial score (nSPS) is 9.83. The van der Waals surface area contributed by atoms with E-state index in [1.165, 1.54) is 0 Å². The Bertz CT molecular complexity index is 1370. The van der Waals surface area contributed by atoms with Gasteiger partial charge in [0.2, 0.25) is 5.91 Å². The summed E-state index contributed by atoms with van der Waals surface area (Å²) in [6, 6.07) is 20.2. The smallest absolute Gasteiger partial charge is 0.274 e. The standard InChI is InChI=1S/C25H20N6O3.C2H6/c1-2-23(32)27-17-7-3-6-16(14-17)24(33)28-18-8-4-9-19(15-18)29-25(34)22-11-5-10-20(30-22)21-12-13-26-31-21;1-2/h2-15H,1H2,(H,26,31)(H,27,32)(H,28,33)(H,29,34);1-2H3. The largest absolute Gasteiger partial charge is 0.323 e. The molecule has 0 bridgehead atoms. The molecule has 0 spiro atoms. The van der Waals surface area contributed by atoms with Crippen molar-refractivity contribution < 1.29 is 14.4 Å². The van der Waals surface area contributed by atoms with Crippen LogP contribution in [-0.4, -0.2) is 32.9 Å². The highest BCUT2D eigenvalue weighted by Crippen LogP contribution is 2.19. The zero-order valence-electron chi connectivity index (χ0n) is 19.9. The average Bonchev–Trinajstić information content (AvgIpc) is 3.45. The number of benzene rings is 2. The molecule has 9 nitrogen and oxygen atoms in total. The number of aromatic amines is 1. The number of carbonyl (C=O) groups excluding carboxylic acids is 3. The number of rotatable bonds is 7. The Kier molecular flexibility index (Phi) is 8.82. The Balaban J connectivity index is 0.00000176. The van der Waals surface area contributed by atoms with Crippen LogP contribution in [0.1, 0.15) is 34.7 Å². The van der Waals surface area contributed by atoms with E-state index in [0.717, 1.165) is 6.08 Å². The predicted molar refractivity (Wildman–Crippen MR) is 141 cm³/mol. The van der Waals surface area contributed by atoms with Crippen LogP contribution in [-0.2, 0) is 4.79 Å². The molecule has 9 heteroatoms. The minimum Gasteiger partial charge on any atom is -0.323 e. The molecule has 0 unspecified atom stereocenters. The number of carbonyl (C=O) groups is 3. The molecule has 0 fully saturated rings. The van der Waals surface area contributed by atoms with Gasteiger partial charge in [0.05, 0.1) is 11.4 Å². The Labute approximate surface area is 208 Å². The Morgan fingerprint density at radius 2 is 1.44 bits per heavy atom. The van der Waals surface area contributed by atoms with Gasteiger partial charge in [0, 0.05) is 28.8 Å². The zero-order valence-corrected chi connectivity index (χ0v) is 19.9. The summed E-state index contributed by atoms with van der Waals surface area (Å²) >= 11 is 0. The molecule has 0 aliphatic heterocycles. The number of pyridine rings is 1. The first-order chi connectivity index (χ1) is 17.5. The van der Waals surface area contributed by atoms with E-state index in [4.69, 9.17) is 0 Å². The van der Waals surface area contributed by atoms with Gasteiger partial charge in [0.1, 0.15) is 5.69 Å². The second-order valence-corrected chi connectivity index (χ2v) is 7.14. The van der Waals surface area contributed by atoms with Crippen LogP contribution < -0.4 is 16.0 Å². The molecule has 36 heavy (non-hydrogen) atoms. The number of anilines is 3. The number of hydrogen-bond donors (Lipinski definition) is 4. The first-order valence-corrected chi connectivity index (χ1v) is 11.2. The monoisotopic (exact) mass is 482 g/mol. The molecule has 0 radical (unpaired) electrons. The SMILES string of the molecule is C=CC(=O)Nc1cccc(C(=O)Nc2cccc(NC(=O)c3cccc(-c4ccn[nH]4)n3)c2)c1.CC. The lowest BCUT2D eigenvalue weighted by atomic mass is 10.1. The molecule has 0 saturated heterocycles. The van der Waals surface area contributed by atoms with Crippen LogP contribution in [0, 0.1) is 0 Å². The molecule has 4 aromatic rings. The van der Waals surface area contributed by atoms with Gasteiger partial charge in [-0.1, -0.05) is 38.6 Å². The van der Waals surface area contributed by atoms with Crippen molar-refractivity contribution in [3.63, 3.8) is 0 Å². The molecular weight excluding hydrogens is 456 g/mol. The first-order valence-electron chi connectivity index (χ1n) is 11.2. The third kappa shape index (κ3) is 6.73. The fourth-order valence-electron chi connectivity index (χ4n) is 3.11. The van der Waals surface area contributed by atoms with E-state index in [0.29, 0.717) is 34.0 Å². The van der Waals surface area contributed by atoms with E-state index < -0.39 is 5.91 Å². The molecule has 0 aliphatic rings. The molecule has 0 atom stereocenters. The maximum absolute atomic E-state index is 12.7. The van der Waals surface area contributed by atoms with Crippen molar-refractivity contribution in [3.8, 4) is 11.4 Å². The van der Waals surface area contributed by atoms with Gasteiger partial charge >= 0.3 is 0 Å². The lowest BCUT2D eigenvalue weighted by Crippen LogP contribution is -2.15. The van der Waals surface area contributed by atoms with Crippen molar-refractivity contribution >= 4 is 34.8 Å². The summed E-state index contributed by atoms with van der Waals surface area (Å²) in [5, 5.41) is 14.9. The minimum absolute atomic E-state index is 0.236. The van der Waals surface area contributed by atoms with Crippen LogP contribution in [0.5, 0.6) is 0 Å². The number of nitrogens with zero attached hydrogens (tertiary/aromatic N) is 2. The third-order valence-electron chi connectivity index (χ3n) is 4.71. The van der Waals surface area contributed by atoms with Gasteiger partial charge in [-0.25, -0.2) is 4.98 Å². The van der Waals surface area contributed by atoms with E-state index in [-0.39, 0.29) is 17.5 Å². The van der Waals surface area contributed by atoms with Gasteiger partial charge < -0.3 is 16.0 Å². The van der Waals surface area contributed by atoms with Crippen molar-refractivity contribution in [2.45, 2.75) is 13.8 Å². The number of amides is 3. The van der Waals surface area contributed by atoms with Crippen molar-refractivity contribution in [2.75, 3.05) is 16.0 Å². The average molecular weight is 483 g/mol. The lowest BCUT2D eigenvalue weighted by molar-refractivity contribution is -0.111. The van der Waals surface area contributed by atoms with Crippen molar-refractivity contribution in [2.24, 2.45) is 0 Å². The molecule has 3 amide bonds. The van der Waals surface area contributed by atoms with Crippen LogP contribution >= 0.6 is 0 Å². The van der Waals surface area contributed by atoms with Gasteiger partial charge in [0.15, 0.2) is 0 Å². The lowest BCUT2D eigenvalue weighted by Gasteiger charge is -2.10.